The van der Waals surface area contributed by atoms with Crippen molar-refractivity contribution in [2.45, 2.75) is 335 Å². The smallest absolute Gasteiger partial charge is 0.306 e. The second-order valence-electron chi connectivity index (χ2n) is 22.0. The van der Waals surface area contributed by atoms with E-state index in [2.05, 4.69) is 106 Å². The highest BCUT2D eigenvalue weighted by Gasteiger charge is 2.19. The van der Waals surface area contributed by atoms with Crippen molar-refractivity contribution in [3.8, 4) is 0 Å². The molecule has 0 N–H and O–H groups in total. The van der Waals surface area contributed by atoms with Crippen LogP contribution in [0.15, 0.2) is 85.1 Å². The van der Waals surface area contributed by atoms with Crippen LogP contribution in [0.3, 0.4) is 0 Å². The summed E-state index contributed by atoms with van der Waals surface area (Å²) < 4.78 is 17.0. The van der Waals surface area contributed by atoms with E-state index in [-0.39, 0.29) is 31.1 Å². The summed E-state index contributed by atoms with van der Waals surface area (Å²) in [6.07, 6.45) is 85.8. The molecule has 0 fully saturated rings. The Bertz CT molecular complexity index is 1470. The van der Waals surface area contributed by atoms with Gasteiger partial charge in [0, 0.05) is 19.3 Å². The normalized spacial score (nSPS) is 12.6. The largest absolute Gasteiger partial charge is 0.462 e. The van der Waals surface area contributed by atoms with Gasteiger partial charge in [0.2, 0.25) is 0 Å². The number of esters is 3. The fourth-order valence-corrected chi connectivity index (χ4v) is 9.33. The predicted octanol–water partition coefficient (Wildman–Crippen LogP) is 22.7. The monoisotopic (exact) mass is 1070 g/mol. The molecule has 0 rings (SSSR count). The van der Waals surface area contributed by atoms with Gasteiger partial charge in [-0.05, 0) is 122 Å². The SMILES string of the molecule is CCCCC/C=C\C/C=C\C/C=C\CCCCCCCCC(=O)OC(COC(=O)CCCCCCCCCCC/C=C\C/C=C\CCCCC)COC(=O)CCCCCCCCCCC/C=C\C/C=C\CCCCCCC. The summed E-state index contributed by atoms with van der Waals surface area (Å²) in [6, 6.07) is 0. The zero-order valence-electron chi connectivity index (χ0n) is 51.0. The number of hydrogen-bond donors (Lipinski definition) is 0. The van der Waals surface area contributed by atoms with Crippen molar-refractivity contribution in [2.24, 2.45) is 0 Å². The molecule has 0 amide bonds. The fraction of sp³-hybridized carbons (Fsp3) is 0.761. The maximum absolute atomic E-state index is 12.9. The number of carbonyl (C=O) groups excluding carboxylic acids is 3. The Labute approximate surface area is 477 Å². The molecular formula is C71H124O6. The van der Waals surface area contributed by atoms with E-state index in [1.54, 1.807) is 0 Å². The fourth-order valence-electron chi connectivity index (χ4n) is 9.33. The van der Waals surface area contributed by atoms with Crippen molar-refractivity contribution < 1.29 is 28.6 Å². The van der Waals surface area contributed by atoms with Crippen LogP contribution in [0.25, 0.3) is 0 Å². The second-order valence-corrected chi connectivity index (χ2v) is 22.0. The molecule has 0 heterocycles. The summed E-state index contributed by atoms with van der Waals surface area (Å²) in [5.41, 5.74) is 0. The van der Waals surface area contributed by atoms with E-state index in [1.165, 1.54) is 193 Å². The van der Waals surface area contributed by atoms with Gasteiger partial charge < -0.3 is 14.2 Å². The van der Waals surface area contributed by atoms with E-state index in [9.17, 15) is 14.4 Å². The molecule has 0 saturated heterocycles. The number of allylic oxidation sites excluding steroid dienone is 14. The van der Waals surface area contributed by atoms with Crippen molar-refractivity contribution in [2.75, 3.05) is 13.2 Å². The topological polar surface area (TPSA) is 78.9 Å². The molecule has 0 spiro atoms. The van der Waals surface area contributed by atoms with E-state index >= 15 is 0 Å². The van der Waals surface area contributed by atoms with E-state index in [0.717, 1.165) is 96.3 Å². The third-order valence-corrected chi connectivity index (χ3v) is 14.3. The van der Waals surface area contributed by atoms with Crippen LogP contribution in [0, 0.1) is 0 Å². The first-order valence-corrected chi connectivity index (χ1v) is 33.1. The first-order chi connectivity index (χ1) is 38.0. The highest BCUT2D eigenvalue weighted by Crippen LogP contribution is 2.16. The van der Waals surface area contributed by atoms with Crippen molar-refractivity contribution in [3.05, 3.63) is 85.1 Å². The predicted molar refractivity (Wildman–Crippen MR) is 334 cm³/mol. The van der Waals surface area contributed by atoms with Crippen LogP contribution in [0.1, 0.15) is 329 Å². The zero-order chi connectivity index (χ0) is 55.7. The molecule has 1 unspecified atom stereocenters. The lowest BCUT2D eigenvalue weighted by Gasteiger charge is -2.18. The minimum absolute atomic E-state index is 0.0846. The molecule has 6 nitrogen and oxygen atoms in total. The van der Waals surface area contributed by atoms with Gasteiger partial charge in [0.25, 0.3) is 0 Å². The zero-order valence-corrected chi connectivity index (χ0v) is 51.0. The number of rotatable bonds is 60. The first-order valence-electron chi connectivity index (χ1n) is 33.1. The van der Waals surface area contributed by atoms with Crippen LogP contribution in [0.5, 0.6) is 0 Å². The molecule has 0 radical (unpaired) electrons. The summed E-state index contributed by atoms with van der Waals surface area (Å²) >= 11 is 0. The lowest BCUT2D eigenvalue weighted by atomic mass is 10.1. The van der Waals surface area contributed by atoms with E-state index < -0.39 is 6.10 Å². The van der Waals surface area contributed by atoms with Crippen LogP contribution in [-0.2, 0) is 28.6 Å². The van der Waals surface area contributed by atoms with Gasteiger partial charge in [-0.25, -0.2) is 0 Å². The molecule has 0 aromatic heterocycles. The van der Waals surface area contributed by atoms with E-state index in [1.807, 2.05) is 0 Å². The number of ether oxygens (including phenoxy) is 3. The average Bonchev–Trinajstić information content (AvgIpc) is 3.43. The van der Waals surface area contributed by atoms with Gasteiger partial charge in [-0.15, -0.1) is 0 Å². The van der Waals surface area contributed by atoms with Crippen LogP contribution in [0.2, 0.25) is 0 Å². The van der Waals surface area contributed by atoms with Crippen molar-refractivity contribution in [1.29, 1.82) is 0 Å². The van der Waals surface area contributed by atoms with Crippen LogP contribution in [-0.4, -0.2) is 37.2 Å². The maximum atomic E-state index is 12.9. The minimum atomic E-state index is -0.790. The molecule has 6 heteroatoms. The van der Waals surface area contributed by atoms with Crippen molar-refractivity contribution in [3.63, 3.8) is 0 Å². The van der Waals surface area contributed by atoms with Crippen LogP contribution in [0.4, 0.5) is 0 Å². The molecule has 77 heavy (non-hydrogen) atoms. The maximum Gasteiger partial charge on any atom is 0.306 e. The van der Waals surface area contributed by atoms with Gasteiger partial charge in [-0.1, -0.05) is 273 Å². The van der Waals surface area contributed by atoms with Gasteiger partial charge in [0.05, 0.1) is 0 Å². The quantitative estimate of drug-likeness (QED) is 0.0261. The molecule has 0 saturated carbocycles. The van der Waals surface area contributed by atoms with Crippen molar-refractivity contribution >= 4 is 17.9 Å². The Morgan fingerprint density at radius 3 is 0.753 bits per heavy atom. The molecular weight excluding hydrogens is 949 g/mol. The molecule has 0 bridgehead atoms. The standard InChI is InChI=1S/C71H124O6/c1-4-7-10-13-16-19-22-25-28-31-34-35-38-40-43-46-49-52-55-58-61-64-70(73)76-67-68(77-71(74)65-62-59-56-53-50-47-44-41-37-33-30-27-24-21-18-15-12-9-6-3)66-75-69(72)63-60-57-54-51-48-45-42-39-36-32-29-26-23-20-17-14-11-8-5-2/h17-18,20-22,25-27,29-31,34,37,41,68H,4-16,19,23-24,28,32-33,35-36,38-40,42-67H2,1-3H3/b20-17-,21-18-,25-22-,29-26-,30-27-,34-31-,41-37-. The Hall–Kier alpha value is -3.41. The summed E-state index contributed by atoms with van der Waals surface area (Å²) in [4.78, 5) is 38.4. The molecule has 1 atom stereocenters. The molecule has 444 valence electrons. The molecule has 0 aliphatic rings. The number of unbranched alkanes of at least 4 members (excludes halogenated alkanes) is 35. The van der Waals surface area contributed by atoms with Crippen LogP contribution >= 0.6 is 0 Å². The molecule has 0 aromatic carbocycles. The van der Waals surface area contributed by atoms with Gasteiger partial charge in [0.15, 0.2) is 6.10 Å². The van der Waals surface area contributed by atoms with Crippen molar-refractivity contribution in [1.82, 2.24) is 0 Å². The Morgan fingerprint density at radius 1 is 0.260 bits per heavy atom. The van der Waals surface area contributed by atoms with Gasteiger partial charge in [-0.2, -0.15) is 0 Å². The highest BCUT2D eigenvalue weighted by molar-refractivity contribution is 5.71. The third kappa shape index (κ3) is 63.3. The average molecular weight is 1070 g/mol. The lowest BCUT2D eigenvalue weighted by Crippen LogP contribution is -2.30. The summed E-state index contributed by atoms with van der Waals surface area (Å²) in [7, 11) is 0. The number of hydrogen-bond acceptors (Lipinski definition) is 6. The Kier molecular flexibility index (Phi) is 62.2. The lowest BCUT2D eigenvalue weighted by molar-refractivity contribution is -0.167. The Morgan fingerprint density at radius 2 is 0.468 bits per heavy atom. The first kappa shape index (κ1) is 73.6. The summed E-state index contributed by atoms with van der Waals surface area (Å²) in [6.45, 7) is 6.60. The molecule has 0 aliphatic carbocycles. The van der Waals surface area contributed by atoms with Gasteiger partial charge >= 0.3 is 17.9 Å². The van der Waals surface area contributed by atoms with Crippen LogP contribution < -0.4 is 0 Å². The minimum Gasteiger partial charge on any atom is -0.462 e. The summed E-state index contributed by atoms with van der Waals surface area (Å²) in [5, 5.41) is 0. The molecule has 0 aliphatic heterocycles. The van der Waals surface area contributed by atoms with Gasteiger partial charge in [-0.3, -0.25) is 14.4 Å². The second kappa shape index (κ2) is 65.1. The molecule has 0 aromatic rings. The van der Waals surface area contributed by atoms with E-state index in [0.29, 0.717) is 19.3 Å². The van der Waals surface area contributed by atoms with Gasteiger partial charge in [0.1, 0.15) is 13.2 Å². The highest BCUT2D eigenvalue weighted by atomic mass is 16.6. The Balaban J connectivity index is 4.41. The van der Waals surface area contributed by atoms with E-state index in [4.69, 9.17) is 14.2 Å². The number of carbonyl (C=O) groups is 3. The summed E-state index contributed by atoms with van der Waals surface area (Å²) in [5.74, 6) is -0.891. The third-order valence-electron chi connectivity index (χ3n) is 14.3.